The largest absolute Gasteiger partial charge is 0.389 e. The Morgan fingerprint density at radius 2 is 2.00 bits per heavy atom. The Morgan fingerprint density at radius 1 is 1.26 bits per heavy atom. The number of unbranched alkanes of at least 4 members (excludes halogenated alkanes) is 1. The van der Waals surface area contributed by atoms with Gasteiger partial charge in [-0.1, -0.05) is 18.6 Å². The molecule has 6 N–H and O–H groups in total. The number of aromatic nitrogens is 2. The number of aliphatic hydroxyl groups excluding tert-OH is 1. The van der Waals surface area contributed by atoms with Gasteiger partial charge in [0.25, 0.3) is 5.56 Å². The molecule has 1 aliphatic heterocycles. The number of hydrogen-bond acceptors (Lipinski definition) is 6. The molecular weight excluding hydrogens is 350 g/mol. The first-order valence-electron chi connectivity index (χ1n) is 9.10. The van der Waals surface area contributed by atoms with E-state index in [1.54, 1.807) is 24.3 Å². The summed E-state index contributed by atoms with van der Waals surface area (Å²) in [6, 6.07) is 5.37. The Bertz CT molecular complexity index is 937. The number of β-amino-alcohol motifs (C(OH)–C–C–N with tert-alkyl or cyclic N) is 1. The van der Waals surface area contributed by atoms with Crippen molar-refractivity contribution >= 4 is 16.8 Å². The van der Waals surface area contributed by atoms with Gasteiger partial charge in [-0.3, -0.25) is 19.1 Å². The molecule has 146 valence electrons. The number of nitrogens with two attached hydrogens (primary N) is 2. The van der Waals surface area contributed by atoms with Crippen molar-refractivity contribution in [3.8, 4) is 0 Å². The van der Waals surface area contributed by atoms with Crippen molar-refractivity contribution in [2.75, 3.05) is 19.6 Å². The first-order valence-corrected chi connectivity index (χ1v) is 9.10. The standard InChI is InChI=1S/C18H25N5O4/c19-8-4-3-6-12(20)17(26)22-9-14(15(24)10-22)23-13-7-2-1-5-11(13)16(25)21-18(23)27/h1-2,5,7,12,14-15,24H,3-4,6,8-10,19-20H2,(H,21,25,27)/t12-,14+,15+/m1/s1. The molecule has 1 saturated heterocycles. The van der Waals surface area contributed by atoms with E-state index in [1.165, 1.54) is 9.47 Å². The minimum absolute atomic E-state index is 0.0913. The Morgan fingerprint density at radius 3 is 2.74 bits per heavy atom. The van der Waals surface area contributed by atoms with Crippen molar-refractivity contribution in [3.63, 3.8) is 0 Å². The number of nitrogens with one attached hydrogen (secondary N) is 1. The molecule has 0 spiro atoms. The molecule has 9 nitrogen and oxygen atoms in total. The fourth-order valence-corrected chi connectivity index (χ4v) is 3.61. The molecule has 9 heteroatoms. The summed E-state index contributed by atoms with van der Waals surface area (Å²) in [5.74, 6) is -0.254. The van der Waals surface area contributed by atoms with Gasteiger partial charge in [0.2, 0.25) is 5.91 Å². The Balaban J connectivity index is 1.86. The third-order valence-electron chi connectivity index (χ3n) is 5.04. The van der Waals surface area contributed by atoms with Crippen molar-refractivity contribution in [2.45, 2.75) is 37.5 Å². The zero-order chi connectivity index (χ0) is 19.6. The summed E-state index contributed by atoms with van der Waals surface area (Å²) in [5, 5.41) is 10.9. The highest BCUT2D eigenvalue weighted by molar-refractivity contribution is 5.82. The number of benzene rings is 1. The van der Waals surface area contributed by atoms with Crippen molar-refractivity contribution in [2.24, 2.45) is 11.5 Å². The van der Waals surface area contributed by atoms with E-state index in [9.17, 15) is 19.5 Å². The van der Waals surface area contributed by atoms with Gasteiger partial charge in [-0.25, -0.2) is 4.79 Å². The summed E-state index contributed by atoms with van der Waals surface area (Å²) >= 11 is 0. The number of para-hydroxylation sites is 1. The lowest BCUT2D eigenvalue weighted by atomic mass is 10.1. The molecule has 3 rings (SSSR count). The number of fused-ring (bicyclic) bond motifs is 1. The van der Waals surface area contributed by atoms with Gasteiger partial charge in [-0.15, -0.1) is 0 Å². The molecule has 0 aliphatic carbocycles. The van der Waals surface area contributed by atoms with E-state index in [0.717, 1.165) is 12.8 Å². The Labute approximate surface area is 155 Å². The molecule has 1 aliphatic rings. The summed E-state index contributed by atoms with van der Waals surface area (Å²) in [6.07, 6.45) is 1.14. The second-order valence-corrected chi connectivity index (χ2v) is 6.92. The van der Waals surface area contributed by atoms with E-state index in [4.69, 9.17) is 11.5 Å². The molecule has 0 saturated carbocycles. The van der Waals surface area contributed by atoms with Crippen LogP contribution in [0.4, 0.5) is 0 Å². The van der Waals surface area contributed by atoms with E-state index in [-0.39, 0.29) is 19.0 Å². The van der Waals surface area contributed by atoms with Gasteiger partial charge in [-0.2, -0.15) is 0 Å². The fourth-order valence-electron chi connectivity index (χ4n) is 3.61. The van der Waals surface area contributed by atoms with Crippen molar-refractivity contribution in [1.29, 1.82) is 0 Å². The van der Waals surface area contributed by atoms with Gasteiger partial charge in [-0.05, 0) is 31.5 Å². The van der Waals surface area contributed by atoms with Crippen LogP contribution in [-0.4, -0.2) is 57.2 Å². The third kappa shape index (κ3) is 3.80. The van der Waals surface area contributed by atoms with Gasteiger partial charge in [0.05, 0.1) is 29.1 Å². The Hall–Kier alpha value is -2.49. The molecule has 1 aromatic carbocycles. The lowest BCUT2D eigenvalue weighted by Crippen LogP contribution is -2.43. The molecular formula is C18H25N5O4. The minimum atomic E-state index is -0.933. The first kappa shape index (κ1) is 19.3. The van der Waals surface area contributed by atoms with E-state index in [1.807, 2.05) is 0 Å². The number of carbonyl (C=O) groups excluding carboxylic acids is 1. The van der Waals surface area contributed by atoms with Gasteiger partial charge in [0, 0.05) is 13.1 Å². The quantitative estimate of drug-likeness (QED) is 0.471. The lowest BCUT2D eigenvalue weighted by molar-refractivity contribution is -0.132. The van der Waals surface area contributed by atoms with Crippen LogP contribution < -0.4 is 22.7 Å². The normalized spacial score (nSPS) is 20.9. The number of H-pyrrole nitrogens is 1. The maximum atomic E-state index is 12.6. The molecule has 0 radical (unpaired) electrons. The summed E-state index contributed by atoms with van der Waals surface area (Å²) in [4.78, 5) is 40.8. The van der Waals surface area contributed by atoms with Crippen LogP contribution in [0.1, 0.15) is 25.3 Å². The van der Waals surface area contributed by atoms with Crippen molar-refractivity contribution in [1.82, 2.24) is 14.5 Å². The van der Waals surface area contributed by atoms with E-state index >= 15 is 0 Å². The maximum Gasteiger partial charge on any atom is 0.329 e. The number of aromatic amines is 1. The molecule has 27 heavy (non-hydrogen) atoms. The second-order valence-electron chi connectivity index (χ2n) is 6.92. The lowest BCUT2D eigenvalue weighted by Gasteiger charge is -2.21. The fraction of sp³-hybridized carbons (Fsp3) is 0.500. The van der Waals surface area contributed by atoms with Crippen molar-refractivity contribution in [3.05, 3.63) is 45.1 Å². The number of nitrogens with zero attached hydrogens (tertiary/aromatic N) is 2. The van der Waals surface area contributed by atoms with Crippen LogP contribution in [0.15, 0.2) is 33.9 Å². The summed E-state index contributed by atoms with van der Waals surface area (Å²) in [6.45, 7) is 0.794. The first-order chi connectivity index (χ1) is 12.9. The van der Waals surface area contributed by atoms with Gasteiger partial charge < -0.3 is 21.5 Å². The van der Waals surface area contributed by atoms with Gasteiger partial charge in [0.15, 0.2) is 0 Å². The molecule has 1 amide bonds. The molecule has 1 aromatic heterocycles. The highest BCUT2D eigenvalue weighted by Crippen LogP contribution is 2.24. The number of amides is 1. The monoisotopic (exact) mass is 375 g/mol. The summed E-state index contributed by atoms with van der Waals surface area (Å²) < 4.78 is 1.36. The van der Waals surface area contributed by atoms with Crippen LogP contribution in [0, 0.1) is 0 Å². The molecule has 2 aromatic rings. The SMILES string of the molecule is NCCCC[C@@H](N)C(=O)N1C[C@H](O)[C@@H](n2c(=O)[nH]c(=O)c3ccccc32)C1. The summed E-state index contributed by atoms with van der Waals surface area (Å²) in [5.41, 5.74) is 10.8. The van der Waals surface area contributed by atoms with Crippen LogP contribution in [0.5, 0.6) is 0 Å². The number of rotatable bonds is 6. The van der Waals surface area contributed by atoms with Gasteiger partial charge in [0.1, 0.15) is 0 Å². The molecule has 2 heterocycles. The highest BCUT2D eigenvalue weighted by Gasteiger charge is 2.37. The predicted octanol–water partition coefficient (Wildman–Crippen LogP) is -1.11. The number of likely N-dealkylation sites (tertiary alicyclic amines) is 1. The van der Waals surface area contributed by atoms with E-state index < -0.39 is 29.4 Å². The smallest absolute Gasteiger partial charge is 0.329 e. The number of carbonyl (C=O) groups is 1. The molecule has 1 fully saturated rings. The van der Waals surface area contributed by atoms with E-state index in [0.29, 0.717) is 23.9 Å². The summed E-state index contributed by atoms with van der Waals surface area (Å²) in [7, 11) is 0. The predicted molar refractivity (Wildman–Crippen MR) is 101 cm³/mol. The average molecular weight is 375 g/mol. The maximum absolute atomic E-state index is 12.6. The zero-order valence-electron chi connectivity index (χ0n) is 15.0. The van der Waals surface area contributed by atoms with Crippen LogP contribution in [0.2, 0.25) is 0 Å². The topological polar surface area (TPSA) is 147 Å². The van der Waals surface area contributed by atoms with Crippen molar-refractivity contribution < 1.29 is 9.90 Å². The number of aliphatic hydroxyl groups is 1. The van der Waals surface area contributed by atoms with Gasteiger partial charge >= 0.3 is 5.69 Å². The van der Waals surface area contributed by atoms with Crippen LogP contribution in [-0.2, 0) is 4.79 Å². The highest BCUT2D eigenvalue weighted by atomic mass is 16.3. The Kier molecular flexibility index (Phi) is 5.73. The molecule has 3 atom stereocenters. The second kappa shape index (κ2) is 8.03. The van der Waals surface area contributed by atoms with E-state index in [2.05, 4.69) is 4.98 Å². The average Bonchev–Trinajstić information content (AvgIpc) is 3.02. The molecule has 0 unspecified atom stereocenters. The molecule has 0 bridgehead atoms. The van der Waals surface area contributed by atoms with Crippen LogP contribution >= 0.6 is 0 Å². The third-order valence-corrected chi connectivity index (χ3v) is 5.04. The number of hydrogen-bond donors (Lipinski definition) is 4. The van der Waals surface area contributed by atoms with Crippen LogP contribution in [0.3, 0.4) is 0 Å². The minimum Gasteiger partial charge on any atom is -0.389 e. The zero-order valence-corrected chi connectivity index (χ0v) is 15.0. The van der Waals surface area contributed by atoms with Crippen LogP contribution in [0.25, 0.3) is 10.9 Å².